The van der Waals surface area contributed by atoms with Gasteiger partial charge >= 0.3 is 11.3 Å². The van der Waals surface area contributed by atoms with E-state index >= 15 is 0 Å². The summed E-state index contributed by atoms with van der Waals surface area (Å²) >= 11 is 0. The summed E-state index contributed by atoms with van der Waals surface area (Å²) in [7, 11) is 0. The molecule has 0 saturated carbocycles. The van der Waals surface area contributed by atoms with Gasteiger partial charge in [-0.2, -0.15) is 0 Å². The van der Waals surface area contributed by atoms with Gasteiger partial charge in [0.25, 0.3) is 0 Å². The molecule has 0 atom stereocenters. The Hall–Kier alpha value is -1.65. The molecule has 0 unspecified atom stereocenters. The van der Waals surface area contributed by atoms with Crippen molar-refractivity contribution in [3.05, 3.63) is 36.5 Å². The maximum absolute atomic E-state index is 10.6. The number of rotatable bonds is 5. The molecule has 0 spiro atoms. The number of Topliss-reactive ketones (excluding diaryl/α,β-unsaturated/α-hetero) is 1. The van der Waals surface area contributed by atoms with Crippen LogP contribution in [-0.2, 0) is 20.9 Å². The van der Waals surface area contributed by atoms with Crippen molar-refractivity contribution in [2.24, 2.45) is 0 Å². The molecule has 0 radical (unpaired) electrons. The van der Waals surface area contributed by atoms with Crippen LogP contribution in [0.25, 0.3) is 0 Å². The van der Waals surface area contributed by atoms with E-state index in [1.807, 2.05) is 0 Å². The summed E-state index contributed by atoms with van der Waals surface area (Å²) in [6.45, 7) is 6.19. The number of carbonyl (C=O) groups excluding carboxylic acids is 1. The Morgan fingerprint density at radius 3 is 2.38 bits per heavy atom. The molecule has 0 amide bonds. The predicted octanol–water partition coefficient (Wildman–Crippen LogP) is 1.61. The van der Waals surface area contributed by atoms with Gasteiger partial charge in [0.15, 0.2) is 5.78 Å². The molecule has 0 aliphatic heterocycles. The van der Waals surface area contributed by atoms with Gasteiger partial charge in [-0.05, 0) is 24.6 Å². The predicted molar refractivity (Wildman–Crippen MR) is 54.0 cm³/mol. The zero-order chi connectivity index (χ0) is 12.4. The van der Waals surface area contributed by atoms with E-state index in [-0.39, 0.29) is 19.0 Å². The van der Waals surface area contributed by atoms with Crippen LogP contribution in [0.5, 0.6) is 5.75 Å². The van der Waals surface area contributed by atoms with Gasteiger partial charge in [0.2, 0.25) is 0 Å². The van der Waals surface area contributed by atoms with Gasteiger partial charge in [-0.1, -0.05) is 12.1 Å². The fourth-order valence-electron chi connectivity index (χ4n) is 0.941. The Morgan fingerprint density at radius 1 is 1.38 bits per heavy atom. The van der Waals surface area contributed by atoms with E-state index in [2.05, 4.69) is 11.5 Å². The van der Waals surface area contributed by atoms with Gasteiger partial charge in [-0.3, -0.25) is 10.1 Å². The van der Waals surface area contributed by atoms with Crippen LogP contribution < -0.4 is 4.74 Å². The average molecular weight is 224 g/mol. The summed E-state index contributed by atoms with van der Waals surface area (Å²) in [5.41, 5.74) is 0.836. The molecule has 1 aromatic carbocycles. The third-order valence-electron chi connectivity index (χ3n) is 1.60. The van der Waals surface area contributed by atoms with Crippen LogP contribution in [-0.4, -0.2) is 17.6 Å². The average Bonchev–Trinajstić information content (AvgIpc) is 2.31. The maximum atomic E-state index is 10.6. The van der Waals surface area contributed by atoms with Crippen LogP contribution in [0.1, 0.15) is 12.5 Å². The first-order valence-corrected chi connectivity index (χ1v) is 4.40. The molecule has 0 aliphatic rings. The summed E-state index contributed by atoms with van der Waals surface area (Å²) in [6, 6.07) is 6.95. The molecule has 0 aliphatic carbocycles. The Labute approximate surface area is 93.3 Å². The molecule has 1 N–H and O–H groups in total. The van der Waals surface area contributed by atoms with Crippen LogP contribution in [0.3, 0.4) is 0 Å². The molecule has 0 heterocycles. The van der Waals surface area contributed by atoms with Crippen molar-refractivity contribution in [2.45, 2.75) is 13.5 Å². The Kier molecular flexibility index (Phi) is 7.75. The Balaban J connectivity index is 0.00000106. The van der Waals surface area contributed by atoms with Crippen LogP contribution in [0, 0.1) is 6.65 Å². The van der Waals surface area contributed by atoms with Crippen LogP contribution in [0.2, 0.25) is 0 Å². The number of benzene rings is 1. The van der Waals surface area contributed by atoms with Crippen LogP contribution in [0.4, 0.5) is 0 Å². The third-order valence-corrected chi connectivity index (χ3v) is 1.60. The monoisotopic (exact) mass is 224 g/mol. The first kappa shape index (κ1) is 14.3. The Bertz CT molecular complexity index is 328. The number of hydrogen-bond donors (Lipinski definition) is 1. The zero-order valence-corrected chi connectivity index (χ0v) is 8.80. The topological polar surface area (TPSA) is 75.7 Å². The molecule has 16 heavy (non-hydrogen) atoms. The number of hydrogen-bond acceptors (Lipinski definition) is 4. The van der Waals surface area contributed by atoms with Crippen molar-refractivity contribution >= 4 is 5.78 Å². The van der Waals surface area contributed by atoms with Crippen molar-refractivity contribution < 1.29 is 24.3 Å². The van der Waals surface area contributed by atoms with E-state index < -0.39 is 0 Å². The standard InChI is InChI=1S/C10H12O4.CO/c1-8(11)6-13-10-4-2-9(3-5-10)7-14-12;1-2/h2-5,12H,6-7H2,1H3;. The second-order valence-corrected chi connectivity index (χ2v) is 2.91. The first-order chi connectivity index (χ1) is 7.72. The molecule has 86 valence electrons. The summed E-state index contributed by atoms with van der Waals surface area (Å²) in [4.78, 5) is 14.6. The van der Waals surface area contributed by atoms with Gasteiger partial charge in [-0.25, -0.2) is 4.89 Å². The van der Waals surface area contributed by atoms with Gasteiger partial charge in [0.05, 0.1) is 0 Å². The van der Waals surface area contributed by atoms with E-state index in [1.165, 1.54) is 6.92 Å². The SMILES string of the molecule is CC(=O)COc1ccc(COO)cc1.[C-]#[O+]. The molecule has 0 fully saturated rings. The van der Waals surface area contributed by atoms with Gasteiger partial charge in [0.1, 0.15) is 19.0 Å². The van der Waals surface area contributed by atoms with Gasteiger partial charge in [0, 0.05) is 0 Å². The number of ketones is 1. The van der Waals surface area contributed by atoms with Crippen LogP contribution >= 0.6 is 0 Å². The molecule has 5 heteroatoms. The number of ether oxygens (including phenoxy) is 1. The second-order valence-electron chi connectivity index (χ2n) is 2.91. The second kappa shape index (κ2) is 8.64. The molecule has 0 aromatic heterocycles. The molecule has 1 rings (SSSR count). The molecular weight excluding hydrogens is 212 g/mol. The van der Waals surface area contributed by atoms with E-state index in [1.54, 1.807) is 24.3 Å². The molecule has 1 aromatic rings. The summed E-state index contributed by atoms with van der Waals surface area (Å²) in [6.07, 6.45) is 0. The fourth-order valence-corrected chi connectivity index (χ4v) is 0.941. The van der Waals surface area contributed by atoms with Crippen molar-refractivity contribution in [3.63, 3.8) is 0 Å². The van der Waals surface area contributed by atoms with Crippen LogP contribution in [0.15, 0.2) is 24.3 Å². The van der Waals surface area contributed by atoms with E-state index in [0.29, 0.717) is 5.75 Å². The normalized spacial score (nSPS) is 8.75. The third kappa shape index (κ3) is 5.95. The minimum absolute atomic E-state index is 0.0206. The van der Waals surface area contributed by atoms with E-state index in [4.69, 9.17) is 14.6 Å². The molecule has 5 nitrogen and oxygen atoms in total. The zero-order valence-electron chi connectivity index (χ0n) is 8.80. The van der Waals surface area contributed by atoms with E-state index in [9.17, 15) is 4.79 Å². The van der Waals surface area contributed by atoms with Crippen molar-refractivity contribution in [1.82, 2.24) is 0 Å². The summed E-state index contributed by atoms with van der Waals surface area (Å²) in [5.74, 6) is 0.606. The molecule has 0 saturated heterocycles. The minimum atomic E-state index is -0.0206. The van der Waals surface area contributed by atoms with Crippen molar-refractivity contribution in [1.29, 1.82) is 0 Å². The fraction of sp³-hybridized carbons (Fsp3) is 0.273. The van der Waals surface area contributed by atoms with Gasteiger partial charge in [-0.15, -0.1) is 0 Å². The molecular formula is C11H12O5. The van der Waals surface area contributed by atoms with E-state index in [0.717, 1.165) is 5.56 Å². The Morgan fingerprint density at radius 2 is 1.94 bits per heavy atom. The summed E-state index contributed by atoms with van der Waals surface area (Å²) in [5, 5.41) is 8.19. The quantitative estimate of drug-likeness (QED) is 0.357. The summed E-state index contributed by atoms with van der Waals surface area (Å²) < 4.78 is 12.6. The van der Waals surface area contributed by atoms with Crippen molar-refractivity contribution in [2.75, 3.05) is 6.61 Å². The number of carbonyl (C=O) groups is 1. The van der Waals surface area contributed by atoms with Crippen molar-refractivity contribution in [3.8, 4) is 5.75 Å². The first-order valence-electron chi connectivity index (χ1n) is 4.40. The van der Waals surface area contributed by atoms with Gasteiger partial charge < -0.3 is 4.74 Å². The molecule has 0 bridgehead atoms.